The van der Waals surface area contributed by atoms with Crippen molar-refractivity contribution in [3.05, 3.63) is 18.2 Å². The third kappa shape index (κ3) is 4.04. The minimum Gasteiger partial charge on any atom is -0.491 e. The van der Waals surface area contributed by atoms with Crippen molar-refractivity contribution >= 4 is 11.4 Å². The van der Waals surface area contributed by atoms with Gasteiger partial charge in [0.2, 0.25) is 0 Å². The summed E-state index contributed by atoms with van der Waals surface area (Å²) in [6, 6.07) is 7.03. The van der Waals surface area contributed by atoms with Crippen LogP contribution in [0, 0.1) is 0 Å². The number of ether oxygens (including phenoxy) is 1. The first-order valence-corrected chi connectivity index (χ1v) is 7.48. The SMILES string of the molecule is CC(C)Oc1cc(N)cc(NC2CCN(C)C(C)C2)c1. The summed E-state index contributed by atoms with van der Waals surface area (Å²) in [5.41, 5.74) is 7.76. The predicted molar refractivity (Wildman–Crippen MR) is 85.4 cm³/mol. The molecule has 0 saturated carbocycles. The Morgan fingerprint density at radius 3 is 2.75 bits per heavy atom. The fourth-order valence-electron chi connectivity index (χ4n) is 2.70. The minimum atomic E-state index is 0.160. The predicted octanol–water partition coefficient (Wildman–Crippen LogP) is 2.95. The zero-order valence-corrected chi connectivity index (χ0v) is 13.0. The second kappa shape index (κ2) is 6.35. The smallest absolute Gasteiger partial charge is 0.123 e. The van der Waals surface area contributed by atoms with Gasteiger partial charge in [0.15, 0.2) is 0 Å². The average molecular weight is 277 g/mol. The van der Waals surface area contributed by atoms with Crippen molar-refractivity contribution in [3.8, 4) is 5.75 Å². The molecule has 2 unspecified atom stereocenters. The Hall–Kier alpha value is -1.42. The van der Waals surface area contributed by atoms with Crippen LogP contribution >= 0.6 is 0 Å². The molecule has 0 radical (unpaired) electrons. The molecule has 1 saturated heterocycles. The highest BCUT2D eigenvalue weighted by Crippen LogP contribution is 2.26. The van der Waals surface area contributed by atoms with Gasteiger partial charge in [0, 0.05) is 42.1 Å². The first-order valence-electron chi connectivity index (χ1n) is 7.48. The summed E-state index contributed by atoms with van der Waals surface area (Å²) in [6.07, 6.45) is 2.48. The molecule has 1 aromatic rings. The van der Waals surface area contributed by atoms with Gasteiger partial charge in [0.25, 0.3) is 0 Å². The molecule has 112 valence electrons. The van der Waals surface area contributed by atoms with Crippen molar-refractivity contribution in [1.82, 2.24) is 4.90 Å². The van der Waals surface area contributed by atoms with Crippen LogP contribution in [0.1, 0.15) is 33.6 Å². The maximum absolute atomic E-state index is 5.96. The second-order valence-corrected chi connectivity index (χ2v) is 6.15. The van der Waals surface area contributed by atoms with E-state index in [1.807, 2.05) is 32.0 Å². The molecule has 4 nitrogen and oxygen atoms in total. The van der Waals surface area contributed by atoms with Gasteiger partial charge in [-0.25, -0.2) is 0 Å². The summed E-state index contributed by atoms with van der Waals surface area (Å²) in [6.45, 7) is 7.46. The van der Waals surface area contributed by atoms with Crippen LogP contribution in [0.15, 0.2) is 18.2 Å². The van der Waals surface area contributed by atoms with Gasteiger partial charge in [0.05, 0.1) is 6.10 Å². The number of rotatable bonds is 4. The van der Waals surface area contributed by atoms with Crippen LogP contribution in [0.5, 0.6) is 5.75 Å². The third-order valence-corrected chi connectivity index (χ3v) is 3.88. The molecule has 1 aromatic carbocycles. The minimum absolute atomic E-state index is 0.160. The molecule has 2 rings (SSSR count). The van der Waals surface area contributed by atoms with Crippen LogP contribution in [0.4, 0.5) is 11.4 Å². The van der Waals surface area contributed by atoms with Gasteiger partial charge in [-0.2, -0.15) is 0 Å². The van der Waals surface area contributed by atoms with Gasteiger partial charge in [0.1, 0.15) is 5.75 Å². The molecular weight excluding hydrogens is 250 g/mol. The molecule has 1 aliphatic rings. The normalized spacial score (nSPS) is 23.9. The Morgan fingerprint density at radius 1 is 1.35 bits per heavy atom. The summed E-state index contributed by atoms with van der Waals surface area (Å²) >= 11 is 0. The number of nitrogens with zero attached hydrogens (tertiary/aromatic N) is 1. The van der Waals surface area contributed by atoms with E-state index < -0.39 is 0 Å². The average Bonchev–Trinajstić information content (AvgIpc) is 2.32. The highest BCUT2D eigenvalue weighted by Gasteiger charge is 2.22. The van der Waals surface area contributed by atoms with E-state index in [0.29, 0.717) is 12.1 Å². The number of nitrogens with one attached hydrogen (secondary N) is 1. The standard InChI is InChI=1S/C16H27N3O/c1-11(2)20-16-9-13(17)8-15(10-16)18-14-5-6-19(4)12(3)7-14/h8-12,14,18H,5-7,17H2,1-4H3. The van der Waals surface area contributed by atoms with Gasteiger partial charge in [-0.1, -0.05) is 0 Å². The lowest BCUT2D eigenvalue weighted by Crippen LogP contribution is -2.42. The van der Waals surface area contributed by atoms with E-state index in [4.69, 9.17) is 10.5 Å². The van der Waals surface area contributed by atoms with Gasteiger partial charge < -0.3 is 20.7 Å². The molecule has 0 bridgehead atoms. The van der Waals surface area contributed by atoms with Gasteiger partial charge >= 0.3 is 0 Å². The number of hydrogen-bond acceptors (Lipinski definition) is 4. The van der Waals surface area contributed by atoms with Crippen molar-refractivity contribution < 1.29 is 4.74 Å². The van der Waals surface area contributed by atoms with Crippen molar-refractivity contribution in [2.45, 2.75) is 51.8 Å². The van der Waals surface area contributed by atoms with E-state index in [0.717, 1.165) is 36.5 Å². The molecular formula is C16H27N3O. The summed E-state index contributed by atoms with van der Waals surface area (Å²) < 4.78 is 5.73. The molecule has 3 N–H and O–H groups in total. The maximum atomic E-state index is 5.96. The third-order valence-electron chi connectivity index (χ3n) is 3.88. The topological polar surface area (TPSA) is 50.5 Å². The lowest BCUT2D eigenvalue weighted by molar-refractivity contribution is 0.190. The van der Waals surface area contributed by atoms with E-state index in [2.05, 4.69) is 24.2 Å². The van der Waals surface area contributed by atoms with Crippen LogP contribution in [-0.2, 0) is 0 Å². The maximum Gasteiger partial charge on any atom is 0.123 e. The Bertz CT molecular complexity index is 447. The highest BCUT2D eigenvalue weighted by molar-refractivity contribution is 5.59. The quantitative estimate of drug-likeness (QED) is 0.831. The van der Waals surface area contributed by atoms with Crippen molar-refractivity contribution in [3.63, 3.8) is 0 Å². The fourth-order valence-corrected chi connectivity index (χ4v) is 2.70. The monoisotopic (exact) mass is 277 g/mol. The van der Waals surface area contributed by atoms with E-state index in [-0.39, 0.29) is 6.10 Å². The number of piperidine rings is 1. The van der Waals surface area contributed by atoms with Crippen molar-refractivity contribution in [1.29, 1.82) is 0 Å². The number of hydrogen-bond donors (Lipinski definition) is 2. The first kappa shape index (κ1) is 15.0. The van der Waals surface area contributed by atoms with Gasteiger partial charge in [-0.15, -0.1) is 0 Å². The van der Waals surface area contributed by atoms with E-state index in [1.54, 1.807) is 0 Å². The Morgan fingerprint density at radius 2 is 2.10 bits per heavy atom. The molecule has 4 heteroatoms. The lowest BCUT2D eigenvalue weighted by atomic mass is 9.98. The molecule has 1 aliphatic heterocycles. The summed E-state index contributed by atoms with van der Waals surface area (Å²) in [5.74, 6) is 0.837. The molecule has 0 aromatic heterocycles. The van der Waals surface area contributed by atoms with E-state index in [9.17, 15) is 0 Å². The molecule has 20 heavy (non-hydrogen) atoms. The summed E-state index contributed by atoms with van der Waals surface area (Å²) in [5, 5.41) is 3.60. The fraction of sp³-hybridized carbons (Fsp3) is 0.625. The molecule has 0 aliphatic carbocycles. The first-order chi connectivity index (χ1) is 9.44. The van der Waals surface area contributed by atoms with E-state index >= 15 is 0 Å². The lowest BCUT2D eigenvalue weighted by Gasteiger charge is -2.35. The molecule has 0 amide bonds. The summed E-state index contributed by atoms with van der Waals surface area (Å²) in [4.78, 5) is 2.41. The van der Waals surface area contributed by atoms with Crippen LogP contribution in [0.3, 0.4) is 0 Å². The molecule has 0 spiro atoms. The number of anilines is 2. The number of likely N-dealkylation sites (tertiary alicyclic amines) is 1. The Kier molecular flexibility index (Phi) is 4.76. The van der Waals surface area contributed by atoms with Crippen molar-refractivity contribution in [2.24, 2.45) is 0 Å². The van der Waals surface area contributed by atoms with Crippen molar-refractivity contribution in [2.75, 3.05) is 24.6 Å². The van der Waals surface area contributed by atoms with E-state index in [1.165, 1.54) is 0 Å². The van der Waals surface area contributed by atoms with Crippen LogP contribution in [0.2, 0.25) is 0 Å². The summed E-state index contributed by atoms with van der Waals surface area (Å²) in [7, 11) is 2.19. The van der Waals surface area contributed by atoms with Crippen LogP contribution in [0.25, 0.3) is 0 Å². The second-order valence-electron chi connectivity index (χ2n) is 6.15. The largest absolute Gasteiger partial charge is 0.491 e. The van der Waals surface area contributed by atoms with Crippen LogP contribution < -0.4 is 15.8 Å². The Balaban J connectivity index is 2.03. The zero-order chi connectivity index (χ0) is 14.7. The molecule has 2 atom stereocenters. The van der Waals surface area contributed by atoms with Gasteiger partial charge in [-0.3, -0.25) is 0 Å². The zero-order valence-electron chi connectivity index (χ0n) is 13.0. The number of nitrogen functional groups attached to an aromatic ring is 1. The molecule has 1 fully saturated rings. The number of nitrogens with two attached hydrogens (primary N) is 1. The van der Waals surface area contributed by atoms with Gasteiger partial charge in [-0.05, 0) is 46.7 Å². The highest BCUT2D eigenvalue weighted by atomic mass is 16.5. The number of benzene rings is 1. The molecule has 1 heterocycles. The van der Waals surface area contributed by atoms with Crippen LogP contribution in [-0.4, -0.2) is 36.7 Å². The Labute approximate surface area is 122 Å².